The average Bonchev–Trinajstić information content (AvgIpc) is 2.92. The van der Waals surface area contributed by atoms with Gasteiger partial charge in [-0.3, -0.25) is 4.79 Å². The zero-order valence-corrected chi connectivity index (χ0v) is 11.7. The Morgan fingerprint density at radius 3 is 3.15 bits per heavy atom. The minimum Gasteiger partial charge on any atom is -0.393 e. The number of anilines is 1. The molecule has 2 atom stereocenters. The normalized spacial score (nSPS) is 24.9. The fourth-order valence-corrected chi connectivity index (χ4v) is 3.22. The second-order valence-electron chi connectivity index (χ2n) is 5.95. The molecule has 1 fully saturated rings. The van der Waals surface area contributed by atoms with Crippen LogP contribution in [0.5, 0.6) is 0 Å². The number of carbonyl (C=O) groups is 1. The highest BCUT2D eigenvalue weighted by molar-refractivity contribution is 5.95. The lowest BCUT2D eigenvalue weighted by Gasteiger charge is -2.25. The minimum atomic E-state index is -0.185. The molecule has 2 aliphatic rings. The van der Waals surface area contributed by atoms with Crippen LogP contribution in [0.1, 0.15) is 41.6 Å². The van der Waals surface area contributed by atoms with Crippen molar-refractivity contribution in [2.75, 3.05) is 18.4 Å². The number of rotatable bonds is 3. The van der Waals surface area contributed by atoms with Crippen LogP contribution >= 0.6 is 0 Å². The topological polar surface area (TPSA) is 61.4 Å². The molecule has 1 aromatic rings. The first kappa shape index (κ1) is 13.4. The first-order chi connectivity index (χ1) is 9.72. The Balaban J connectivity index is 1.56. The smallest absolute Gasteiger partial charge is 0.251 e. The average molecular weight is 274 g/mol. The van der Waals surface area contributed by atoms with Gasteiger partial charge in [-0.05, 0) is 49.3 Å². The minimum absolute atomic E-state index is 0.0124. The number of aliphatic hydroxyl groups excluding tert-OH is 1. The predicted octanol–water partition coefficient (Wildman–Crippen LogP) is 1.94. The van der Waals surface area contributed by atoms with Gasteiger partial charge >= 0.3 is 0 Å². The third-order valence-corrected chi connectivity index (χ3v) is 4.39. The van der Waals surface area contributed by atoms with Crippen molar-refractivity contribution in [3.8, 4) is 0 Å². The van der Waals surface area contributed by atoms with E-state index in [-0.39, 0.29) is 12.0 Å². The summed E-state index contributed by atoms with van der Waals surface area (Å²) in [5.74, 6) is 0.400. The molecule has 0 radical (unpaired) electrons. The number of hydrogen-bond donors (Lipinski definition) is 3. The van der Waals surface area contributed by atoms with E-state index in [1.807, 2.05) is 18.2 Å². The standard InChI is InChI=1S/C16H22N2O2/c19-14-3-1-2-11(8-14)10-18-16(20)13-5-4-12-6-7-17-15(12)9-13/h4-5,9,11,14,17,19H,1-3,6-8,10H2,(H,18,20). The van der Waals surface area contributed by atoms with E-state index in [0.29, 0.717) is 12.5 Å². The van der Waals surface area contributed by atoms with Crippen molar-refractivity contribution in [1.82, 2.24) is 5.32 Å². The van der Waals surface area contributed by atoms with Crippen LogP contribution in [0.25, 0.3) is 0 Å². The summed E-state index contributed by atoms with van der Waals surface area (Å²) in [6.45, 7) is 1.63. The fourth-order valence-electron chi connectivity index (χ4n) is 3.22. The van der Waals surface area contributed by atoms with Crippen molar-refractivity contribution in [3.05, 3.63) is 29.3 Å². The monoisotopic (exact) mass is 274 g/mol. The highest BCUT2D eigenvalue weighted by atomic mass is 16.3. The summed E-state index contributed by atoms with van der Waals surface area (Å²) in [5, 5.41) is 15.9. The maximum absolute atomic E-state index is 12.2. The van der Waals surface area contributed by atoms with E-state index in [1.165, 1.54) is 5.56 Å². The first-order valence-corrected chi connectivity index (χ1v) is 7.55. The predicted molar refractivity (Wildman–Crippen MR) is 78.9 cm³/mol. The second kappa shape index (κ2) is 5.83. The molecule has 20 heavy (non-hydrogen) atoms. The molecular weight excluding hydrogens is 252 g/mol. The molecule has 0 bridgehead atoms. The van der Waals surface area contributed by atoms with Gasteiger partial charge < -0.3 is 15.7 Å². The van der Waals surface area contributed by atoms with Gasteiger partial charge in [0.15, 0.2) is 0 Å². The van der Waals surface area contributed by atoms with Crippen LogP contribution in [0.3, 0.4) is 0 Å². The molecule has 0 spiro atoms. The Hall–Kier alpha value is -1.55. The van der Waals surface area contributed by atoms with Crippen LogP contribution in [-0.2, 0) is 6.42 Å². The Morgan fingerprint density at radius 2 is 2.30 bits per heavy atom. The molecule has 3 rings (SSSR count). The highest BCUT2D eigenvalue weighted by Crippen LogP contribution is 2.25. The zero-order chi connectivity index (χ0) is 13.9. The summed E-state index contributed by atoms with van der Waals surface area (Å²) in [6, 6.07) is 5.87. The van der Waals surface area contributed by atoms with Gasteiger partial charge in [0, 0.05) is 24.3 Å². The van der Waals surface area contributed by atoms with E-state index in [2.05, 4.69) is 10.6 Å². The first-order valence-electron chi connectivity index (χ1n) is 7.55. The number of carbonyl (C=O) groups excluding carboxylic acids is 1. The van der Waals surface area contributed by atoms with Gasteiger partial charge in [-0.1, -0.05) is 12.5 Å². The van der Waals surface area contributed by atoms with Gasteiger partial charge in [0.25, 0.3) is 5.91 Å². The Bertz CT molecular complexity index is 501. The van der Waals surface area contributed by atoms with Crippen LogP contribution in [-0.4, -0.2) is 30.2 Å². The van der Waals surface area contributed by atoms with Crippen molar-refractivity contribution in [2.45, 2.75) is 38.2 Å². The van der Waals surface area contributed by atoms with Crippen LogP contribution in [0.15, 0.2) is 18.2 Å². The molecule has 0 aromatic heterocycles. The Morgan fingerprint density at radius 1 is 1.40 bits per heavy atom. The van der Waals surface area contributed by atoms with Crippen LogP contribution in [0, 0.1) is 5.92 Å². The summed E-state index contributed by atoms with van der Waals surface area (Å²) < 4.78 is 0. The second-order valence-corrected chi connectivity index (χ2v) is 5.95. The summed E-state index contributed by atoms with van der Waals surface area (Å²) >= 11 is 0. The van der Waals surface area contributed by atoms with Gasteiger partial charge in [-0.2, -0.15) is 0 Å². The molecule has 1 heterocycles. The van der Waals surface area contributed by atoms with E-state index in [0.717, 1.165) is 49.9 Å². The number of amides is 1. The third-order valence-electron chi connectivity index (χ3n) is 4.39. The molecule has 1 aliphatic carbocycles. The van der Waals surface area contributed by atoms with Gasteiger partial charge in [-0.25, -0.2) is 0 Å². The van der Waals surface area contributed by atoms with Crippen molar-refractivity contribution in [2.24, 2.45) is 5.92 Å². The van der Waals surface area contributed by atoms with Crippen molar-refractivity contribution < 1.29 is 9.90 Å². The van der Waals surface area contributed by atoms with E-state index in [1.54, 1.807) is 0 Å². The molecule has 4 nitrogen and oxygen atoms in total. The molecule has 2 unspecified atom stereocenters. The van der Waals surface area contributed by atoms with Crippen molar-refractivity contribution in [3.63, 3.8) is 0 Å². The molecular formula is C16H22N2O2. The van der Waals surface area contributed by atoms with Crippen LogP contribution in [0.4, 0.5) is 5.69 Å². The summed E-state index contributed by atoms with van der Waals surface area (Å²) in [5.41, 5.74) is 3.09. The van der Waals surface area contributed by atoms with E-state index in [9.17, 15) is 9.90 Å². The van der Waals surface area contributed by atoms with Crippen LogP contribution in [0.2, 0.25) is 0 Å². The number of benzene rings is 1. The molecule has 1 amide bonds. The lowest BCUT2D eigenvalue weighted by atomic mass is 9.87. The highest BCUT2D eigenvalue weighted by Gasteiger charge is 2.21. The van der Waals surface area contributed by atoms with Gasteiger partial charge in [0.05, 0.1) is 6.10 Å². The van der Waals surface area contributed by atoms with Gasteiger partial charge in [0.1, 0.15) is 0 Å². The summed E-state index contributed by atoms with van der Waals surface area (Å²) in [7, 11) is 0. The number of nitrogens with one attached hydrogen (secondary N) is 2. The molecule has 1 aromatic carbocycles. The summed E-state index contributed by atoms with van der Waals surface area (Å²) in [4.78, 5) is 12.2. The SMILES string of the molecule is O=C(NCC1CCCC(O)C1)c1ccc2c(c1)NCC2. The summed E-state index contributed by atoms with van der Waals surface area (Å²) in [6.07, 6.45) is 4.73. The largest absolute Gasteiger partial charge is 0.393 e. The molecule has 1 aliphatic heterocycles. The van der Waals surface area contributed by atoms with Gasteiger partial charge in [0.2, 0.25) is 0 Å². The number of hydrogen-bond acceptors (Lipinski definition) is 3. The van der Waals surface area contributed by atoms with Crippen molar-refractivity contribution >= 4 is 11.6 Å². The maximum Gasteiger partial charge on any atom is 0.251 e. The van der Waals surface area contributed by atoms with Crippen molar-refractivity contribution in [1.29, 1.82) is 0 Å². The van der Waals surface area contributed by atoms with E-state index < -0.39 is 0 Å². The zero-order valence-electron chi connectivity index (χ0n) is 11.7. The molecule has 3 N–H and O–H groups in total. The van der Waals surface area contributed by atoms with E-state index in [4.69, 9.17) is 0 Å². The maximum atomic E-state index is 12.2. The van der Waals surface area contributed by atoms with Gasteiger partial charge in [-0.15, -0.1) is 0 Å². The molecule has 0 saturated heterocycles. The molecule has 1 saturated carbocycles. The lowest BCUT2D eigenvalue weighted by Crippen LogP contribution is -2.33. The fraction of sp³-hybridized carbons (Fsp3) is 0.562. The third kappa shape index (κ3) is 2.96. The molecule has 108 valence electrons. The lowest BCUT2D eigenvalue weighted by molar-refractivity contribution is 0.0874. The number of fused-ring (bicyclic) bond motifs is 1. The Labute approximate surface area is 119 Å². The molecule has 4 heteroatoms. The van der Waals surface area contributed by atoms with Crippen LogP contribution < -0.4 is 10.6 Å². The Kier molecular flexibility index (Phi) is 3.92. The quantitative estimate of drug-likeness (QED) is 0.789. The van der Waals surface area contributed by atoms with E-state index >= 15 is 0 Å². The number of aliphatic hydroxyl groups is 1.